The number of nitrogens with zero attached hydrogens (tertiary/aromatic N) is 7. The highest BCUT2D eigenvalue weighted by Crippen LogP contribution is 2.36. The lowest BCUT2D eigenvalue weighted by Gasteiger charge is -2.44. The van der Waals surface area contributed by atoms with Gasteiger partial charge in [-0.25, -0.2) is 36.9 Å². The number of rotatable bonds is 10. The molecule has 2 aliphatic heterocycles. The van der Waals surface area contributed by atoms with Gasteiger partial charge in [-0.15, -0.1) is 0 Å². The molecule has 4 aromatic rings. The second-order valence-electron chi connectivity index (χ2n) is 14.1. The summed E-state index contributed by atoms with van der Waals surface area (Å²) in [5.41, 5.74) is 0.846. The maximum Gasteiger partial charge on any atom is 0.410 e. The number of ether oxygens (including phenoxy) is 1. The lowest BCUT2D eigenvalue weighted by atomic mass is 9.97. The minimum atomic E-state index is -3.82. The van der Waals surface area contributed by atoms with Crippen LogP contribution in [-0.2, 0) is 14.8 Å². The van der Waals surface area contributed by atoms with Gasteiger partial charge in [-0.3, -0.25) is 4.72 Å². The molecule has 0 aliphatic carbocycles. The highest BCUT2D eigenvalue weighted by Gasteiger charge is 2.35. The third kappa shape index (κ3) is 7.68. The SMILES string of the molecule is CCCS(=O)(=O)Nc1ccc(F)c(-n2cc(-c3cncnc3)c3nc(N(C)C4CCN(CC5CN(C(=O)OC(C)(C)C)C5)CC4)ccc32)c1F. The fraction of sp³-hybridized carbons (Fsp3) is 0.486. The topological polar surface area (TPSA) is 126 Å². The van der Waals surface area contributed by atoms with Crippen molar-refractivity contribution in [3.05, 3.63) is 60.8 Å². The van der Waals surface area contributed by atoms with Gasteiger partial charge in [0.15, 0.2) is 5.82 Å². The number of carbonyl (C=O) groups is 1. The van der Waals surface area contributed by atoms with Gasteiger partial charge in [-0.2, -0.15) is 0 Å². The summed E-state index contributed by atoms with van der Waals surface area (Å²) < 4.78 is 65.4. The van der Waals surface area contributed by atoms with Crippen LogP contribution >= 0.6 is 0 Å². The van der Waals surface area contributed by atoms with E-state index in [1.165, 1.54) is 10.9 Å². The molecule has 0 unspecified atom stereocenters. The predicted molar refractivity (Wildman–Crippen MR) is 189 cm³/mol. The van der Waals surface area contributed by atoms with E-state index in [0.29, 0.717) is 53.4 Å². The number of piperidine rings is 1. The third-order valence-electron chi connectivity index (χ3n) is 9.14. The van der Waals surface area contributed by atoms with Gasteiger partial charge < -0.3 is 24.0 Å². The molecular weight excluding hydrogens is 666 g/mol. The Balaban J connectivity index is 1.21. The summed E-state index contributed by atoms with van der Waals surface area (Å²) >= 11 is 0. The molecule has 1 aromatic carbocycles. The van der Waals surface area contributed by atoms with Crippen molar-refractivity contribution in [3.63, 3.8) is 0 Å². The Kier molecular flexibility index (Phi) is 10.00. The zero-order chi connectivity index (χ0) is 35.8. The average molecular weight is 711 g/mol. The number of nitrogens with one attached hydrogen (secondary N) is 1. The molecule has 12 nitrogen and oxygen atoms in total. The summed E-state index contributed by atoms with van der Waals surface area (Å²) in [6, 6.07) is 5.96. The first-order valence-electron chi connectivity index (χ1n) is 16.9. The smallest absolute Gasteiger partial charge is 0.410 e. The van der Waals surface area contributed by atoms with E-state index in [9.17, 15) is 13.2 Å². The van der Waals surface area contributed by atoms with Crippen LogP contribution in [0.2, 0.25) is 0 Å². The van der Waals surface area contributed by atoms with Gasteiger partial charge >= 0.3 is 6.09 Å². The van der Waals surface area contributed by atoms with Crippen molar-refractivity contribution < 1.29 is 26.7 Å². The number of sulfonamides is 1. The summed E-state index contributed by atoms with van der Waals surface area (Å²) in [6.07, 6.45) is 8.13. The number of hydrogen-bond donors (Lipinski definition) is 1. The molecule has 15 heteroatoms. The zero-order valence-corrected chi connectivity index (χ0v) is 29.9. The van der Waals surface area contributed by atoms with E-state index in [-0.39, 0.29) is 23.6 Å². The molecule has 0 radical (unpaired) electrons. The fourth-order valence-corrected chi connectivity index (χ4v) is 7.79. The summed E-state index contributed by atoms with van der Waals surface area (Å²) in [5, 5.41) is 0. The van der Waals surface area contributed by atoms with Crippen LogP contribution < -0.4 is 9.62 Å². The van der Waals surface area contributed by atoms with Gasteiger partial charge in [0, 0.05) is 81.4 Å². The second-order valence-corrected chi connectivity index (χ2v) is 16.0. The lowest BCUT2D eigenvalue weighted by molar-refractivity contribution is -0.00748. The Morgan fingerprint density at radius 3 is 2.44 bits per heavy atom. The first kappa shape index (κ1) is 35.5. The van der Waals surface area contributed by atoms with E-state index in [1.54, 1.807) is 36.5 Å². The van der Waals surface area contributed by atoms with Crippen molar-refractivity contribution in [3.8, 4) is 16.8 Å². The minimum Gasteiger partial charge on any atom is -0.444 e. The van der Waals surface area contributed by atoms with Crippen LogP contribution in [0.25, 0.3) is 27.8 Å². The molecule has 2 aliphatic rings. The molecule has 3 aromatic heterocycles. The Hall–Kier alpha value is -4.37. The Bertz CT molecular complexity index is 1950. The largest absolute Gasteiger partial charge is 0.444 e. The quantitative estimate of drug-likeness (QED) is 0.221. The van der Waals surface area contributed by atoms with Crippen LogP contribution in [0, 0.1) is 17.6 Å². The molecule has 5 heterocycles. The lowest BCUT2D eigenvalue weighted by Crippen LogP contribution is -2.56. The standard InChI is InChI=1S/C35H44F2N8O4S/c1-6-15-50(47,48)41-28-8-7-27(36)33(31(28)37)45-21-26(24-16-38-22-39-17-24)32-29(45)9-10-30(40-32)42(5)25-11-13-43(14-12-25)18-23-19-44(20-23)34(46)49-35(2,3)4/h7-10,16-17,21-23,25,41H,6,11-15,18-20H2,1-5H3. The number of amides is 1. The van der Waals surface area contributed by atoms with Gasteiger partial charge in [0.2, 0.25) is 10.0 Å². The van der Waals surface area contributed by atoms with Crippen LogP contribution in [0.4, 0.5) is 25.1 Å². The van der Waals surface area contributed by atoms with Crippen molar-refractivity contribution in [2.75, 3.05) is 55.1 Å². The normalized spacial score (nSPS) is 16.4. The van der Waals surface area contributed by atoms with Gasteiger partial charge in [-0.1, -0.05) is 6.92 Å². The molecule has 2 fully saturated rings. The van der Waals surface area contributed by atoms with Crippen LogP contribution in [0.5, 0.6) is 0 Å². The molecular formula is C35H44F2N8O4S. The number of anilines is 2. The molecule has 0 bridgehead atoms. The highest BCUT2D eigenvalue weighted by atomic mass is 32.2. The van der Waals surface area contributed by atoms with E-state index in [1.807, 2.05) is 33.9 Å². The number of hydrogen-bond acceptors (Lipinski definition) is 9. The Morgan fingerprint density at radius 2 is 1.78 bits per heavy atom. The summed E-state index contributed by atoms with van der Waals surface area (Å²) in [4.78, 5) is 32.0. The van der Waals surface area contributed by atoms with Gasteiger partial charge in [0.05, 0.1) is 22.5 Å². The number of benzene rings is 1. The summed E-state index contributed by atoms with van der Waals surface area (Å²) in [5.74, 6) is -0.957. The summed E-state index contributed by atoms with van der Waals surface area (Å²) in [6.45, 7) is 11.5. The monoisotopic (exact) mass is 710 g/mol. The number of likely N-dealkylation sites (tertiary alicyclic amines) is 2. The molecule has 1 amide bonds. The second kappa shape index (κ2) is 14.1. The number of carbonyl (C=O) groups excluding carboxylic acids is 1. The van der Waals surface area contributed by atoms with Crippen molar-refractivity contribution >= 4 is 38.7 Å². The van der Waals surface area contributed by atoms with Crippen molar-refractivity contribution in [2.45, 2.75) is 58.6 Å². The zero-order valence-electron chi connectivity index (χ0n) is 29.1. The van der Waals surface area contributed by atoms with Crippen molar-refractivity contribution in [2.24, 2.45) is 5.92 Å². The van der Waals surface area contributed by atoms with Gasteiger partial charge in [0.25, 0.3) is 0 Å². The third-order valence-corrected chi connectivity index (χ3v) is 10.6. The maximum atomic E-state index is 16.0. The predicted octanol–water partition coefficient (Wildman–Crippen LogP) is 5.68. The van der Waals surface area contributed by atoms with E-state index in [2.05, 4.69) is 24.5 Å². The molecule has 268 valence electrons. The number of aromatic nitrogens is 4. The van der Waals surface area contributed by atoms with E-state index in [4.69, 9.17) is 9.72 Å². The average Bonchev–Trinajstić information content (AvgIpc) is 3.42. The maximum absolute atomic E-state index is 16.0. The number of pyridine rings is 1. The number of fused-ring (bicyclic) bond motifs is 1. The molecule has 2 saturated heterocycles. The minimum absolute atomic E-state index is 0.196. The van der Waals surface area contributed by atoms with Crippen molar-refractivity contribution in [1.82, 2.24) is 29.3 Å². The molecule has 1 N–H and O–H groups in total. The van der Waals surface area contributed by atoms with Gasteiger partial charge in [0.1, 0.15) is 29.3 Å². The van der Waals surface area contributed by atoms with E-state index < -0.39 is 32.9 Å². The van der Waals surface area contributed by atoms with Crippen molar-refractivity contribution in [1.29, 1.82) is 0 Å². The van der Waals surface area contributed by atoms with Crippen LogP contribution in [0.15, 0.2) is 49.2 Å². The Morgan fingerprint density at radius 1 is 1.08 bits per heavy atom. The molecule has 0 atom stereocenters. The van der Waals surface area contributed by atoms with Crippen LogP contribution in [0.3, 0.4) is 0 Å². The summed E-state index contributed by atoms with van der Waals surface area (Å²) in [7, 11) is -1.82. The first-order chi connectivity index (χ1) is 23.7. The molecule has 50 heavy (non-hydrogen) atoms. The van der Waals surface area contributed by atoms with Crippen LogP contribution in [0.1, 0.15) is 47.0 Å². The Labute approximate surface area is 291 Å². The molecule has 0 saturated carbocycles. The van der Waals surface area contributed by atoms with Crippen LogP contribution in [-0.4, -0.2) is 101 Å². The molecule has 0 spiro atoms. The van der Waals surface area contributed by atoms with Gasteiger partial charge in [-0.05, 0) is 64.3 Å². The fourth-order valence-electron chi connectivity index (χ4n) is 6.65. The molecule has 6 rings (SSSR count). The number of halogens is 2. The van der Waals surface area contributed by atoms with E-state index in [0.717, 1.165) is 44.6 Å². The first-order valence-corrected chi connectivity index (χ1v) is 18.6. The highest BCUT2D eigenvalue weighted by molar-refractivity contribution is 7.92. The van der Waals surface area contributed by atoms with E-state index >= 15 is 8.78 Å².